The van der Waals surface area contributed by atoms with Gasteiger partial charge in [-0.3, -0.25) is 0 Å². The number of ether oxygens (including phenoxy) is 1. The molecule has 0 radical (unpaired) electrons. The molecule has 3 aromatic rings. The van der Waals surface area contributed by atoms with Gasteiger partial charge in [0.15, 0.2) is 0 Å². The molecular weight excluding hydrogens is 372 g/mol. The lowest BCUT2D eigenvalue weighted by Crippen LogP contribution is -2.04. The van der Waals surface area contributed by atoms with E-state index in [-0.39, 0.29) is 0 Å². The molecule has 0 N–H and O–H groups in total. The van der Waals surface area contributed by atoms with Crippen LogP contribution in [0.2, 0.25) is 0 Å². The van der Waals surface area contributed by atoms with Crippen molar-refractivity contribution >= 4 is 26.7 Å². The average Bonchev–Trinajstić information content (AvgIpc) is 2.69. The Morgan fingerprint density at radius 2 is 1.68 bits per heavy atom. The normalized spacial score (nSPS) is 15.4. The Kier molecular flexibility index (Phi) is 5.07. The molecule has 0 bridgehead atoms. The number of fused-ring (bicyclic) bond motifs is 1. The largest absolute Gasteiger partial charge is 0.488 e. The third-order valence-corrected chi connectivity index (χ3v) is 6.07. The summed E-state index contributed by atoms with van der Waals surface area (Å²) in [4.78, 5) is 0. The maximum absolute atomic E-state index is 6.03. The van der Waals surface area contributed by atoms with Gasteiger partial charge >= 0.3 is 0 Å². The van der Waals surface area contributed by atoms with Gasteiger partial charge in [0.05, 0.1) is 4.47 Å². The lowest BCUT2D eigenvalue weighted by Gasteiger charge is -2.22. The predicted octanol–water partition coefficient (Wildman–Crippen LogP) is 7.23. The second-order valence-corrected chi connectivity index (χ2v) is 7.76. The van der Waals surface area contributed by atoms with Crippen LogP contribution in [-0.2, 0) is 6.61 Å². The van der Waals surface area contributed by atoms with Gasteiger partial charge in [0, 0.05) is 0 Å². The van der Waals surface area contributed by atoms with E-state index in [0.29, 0.717) is 6.61 Å². The molecule has 0 saturated heterocycles. The van der Waals surface area contributed by atoms with Crippen LogP contribution in [0.1, 0.15) is 49.1 Å². The average molecular weight is 395 g/mol. The Morgan fingerprint density at radius 1 is 0.880 bits per heavy atom. The molecule has 1 aliphatic rings. The highest BCUT2D eigenvalue weighted by molar-refractivity contribution is 9.10. The van der Waals surface area contributed by atoms with Crippen molar-refractivity contribution in [2.75, 3.05) is 0 Å². The van der Waals surface area contributed by atoms with Crippen LogP contribution >= 0.6 is 15.9 Å². The molecule has 0 aromatic heterocycles. The maximum atomic E-state index is 6.03. The van der Waals surface area contributed by atoms with Crippen LogP contribution in [0.3, 0.4) is 0 Å². The minimum atomic E-state index is 0.588. The van der Waals surface area contributed by atoms with E-state index >= 15 is 0 Å². The summed E-state index contributed by atoms with van der Waals surface area (Å²) in [6, 6.07) is 21.5. The van der Waals surface area contributed by atoms with Gasteiger partial charge in [-0.1, -0.05) is 73.9 Å². The van der Waals surface area contributed by atoms with Crippen molar-refractivity contribution in [2.24, 2.45) is 0 Å². The molecule has 1 saturated carbocycles. The van der Waals surface area contributed by atoms with Crippen LogP contribution in [-0.4, -0.2) is 0 Å². The first-order chi connectivity index (χ1) is 12.3. The van der Waals surface area contributed by atoms with Gasteiger partial charge in [0.1, 0.15) is 12.4 Å². The van der Waals surface area contributed by atoms with Crippen LogP contribution in [0.4, 0.5) is 0 Å². The van der Waals surface area contributed by atoms with Gasteiger partial charge in [-0.05, 0) is 62.7 Å². The molecule has 128 valence electrons. The fraction of sp³-hybridized carbons (Fsp3) is 0.304. The lowest BCUT2D eigenvalue weighted by molar-refractivity contribution is 0.305. The van der Waals surface area contributed by atoms with E-state index < -0.39 is 0 Å². The van der Waals surface area contributed by atoms with Crippen molar-refractivity contribution < 1.29 is 4.74 Å². The zero-order valence-corrected chi connectivity index (χ0v) is 16.0. The summed E-state index contributed by atoms with van der Waals surface area (Å²) in [5.41, 5.74) is 2.68. The molecule has 0 spiro atoms. The molecule has 0 atom stereocenters. The number of benzene rings is 3. The molecule has 4 rings (SSSR count). The van der Waals surface area contributed by atoms with Crippen LogP contribution in [0.25, 0.3) is 10.8 Å². The van der Waals surface area contributed by atoms with E-state index in [0.717, 1.165) is 16.1 Å². The van der Waals surface area contributed by atoms with Gasteiger partial charge in [-0.25, -0.2) is 0 Å². The van der Waals surface area contributed by atoms with Gasteiger partial charge < -0.3 is 4.74 Å². The molecular formula is C23H23BrO. The fourth-order valence-electron chi connectivity index (χ4n) is 3.83. The summed E-state index contributed by atoms with van der Waals surface area (Å²) in [7, 11) is 0. The molecule has 0 heterocycles. The van der Waals surface area contributed by atoms with Crippen molar-refractivity contribution in [3.8, 4) is 5.75 Å². The van der Waals surface area contributed by atoms with E-state index in [1.54, 1.807) is 0 Å². The Balaban J connectivity index is 1.57. The smallest absolute Gasteiger partial charge is 0.134 e. The topological polar surface area (TPSA) is 9.23 Å². The highest BCUT2D eigenvalue weighted by Crippen LogP contribution is 2.38. The van der Waals surface area contributed by atoms with Crippen LogP contribution in [0.5, 0.6) is 5.75 Å². The van der Waals surface area contributed by atoms with Crippen LogP contribution in [0.15, 0.2) is 65.1 Å². The van der Waals surface area contributed by atoms with Gasteiger partial charge in [-0.15, -0.1) is 0 Å². The van der Waals surface area contributed by atoms with E-state index in [1.165, 1.54) is 54.0 Å². The summed E-state index contributed by atoms with van der Waals surface area (Å²) < 4.78 is 7.08. The molecule has 3 aromatic carbocycles. The first kappa shape index (κ1) is 16.7. The molecule has 1 aliphatic carbocycles. The summed E-state index contributed by atoms with van der Waals surface area (Å²) in [6.45, 7) is 0.588. The Labute approximate surface area is 158 Å². The van der Waals surface area contributed by atoms with Crippen LogP contribution < -0.4 is 4.74 Å². The highest BCUT2D eigenvalue weighted by Gasteiger charge is 2.16. The van der Waals surface area contributed by atoms with Crippen molar-refractivity contribution in [1.29, 1.82) is 0 Å². The minimum Gasteiger partial charge on any atom is -0.488 e. The second-order valence-electron chi connectivity index (χ2n) is 6.97. The predicted molar refractivity (Wildman–Crippen MR) is 108 cm³/mol. The van der Waals surface area contributed by atoms with Crippen molar-refractivity contribution in [3.05, 3.63) is 76.3 Å². The van der Waals surface area contributed by atoms with E-state index in [1.807, 2.05) is 18.2 Å². The monoisotopic (exact) mass is 394 g/mol. The van der Waals surface area contributed by atoms with E-state index in [9.17, 15) is 0 Å². The minimum absolute atomic E-state index is 0.588. The Morgan fingerprint density at radius 3 is 2.48 bits per heavy atom. The van der Waals surface area contributed by atoms with E-state index in [2.05, 4.69) is 58.4 Å². The first-order valence-corrected chi connectivity index (χ1v) is 9.99. The first-order valence-electron chi connectivity index (χ1n) is 9.20. The third-order valence-electron chi connectivity index (χ3n) is 5.26. The standard InChI is InChI=1S/C23H23BrO/c24-23-21-13-11-19(18-9-5-2-6-10-18)15-20(21)12-14-22(23)25-16-17-7-3-1-4-8-17/h1,3-4,7-8,11-15,18H,2,5-6,9-10,16H2. The van der Waals surface area contributed by atoms with Gasteiger partial charge in [0.2, 0.25) is 0 Å². The third kappa shape index (κ3) is 3.74. The van der Waals surface area contributed by atoms with Crippen molar-refractivity contribution in [3.63, 3.8) is 0 Å². The Hall–Kier alpha value is -1.80. The van der Waals surface area contributed by atoms with Crippen molar-refractivity contribution in [1.82, 2.24) is 0 Å². The Bertz CT molecular complexity index is 851. The number of halogens is 1. The lowest BCUT2D eigenvalue weighted by atomic mass is 9.83. The fourth-order valence-corrected chi connectivity index (χ4v) is 4.43. The summed E-state index contributed by atoms with van der Waals surface area (Å²) in [5, 5.41) is 2.52. The maximum Gasteiger partial charge on any atom is 0.134 e. The summed E-state index contributed by atoms with van der Waals surface area (Å²) in [6.07, 6.45) is 6.82. The summed E-state index contributed by atoms with van der Waals surface area (Å²) >= 11 is 3.75. The summed E-state index contributed by atoms with van der Waals surface area (Å²) in [5.74, 6) is 1.65. The van der Waals surface area contributed by atoms with Crippen molar-refractivity contribution in [2.45, 2.75) is 44.6 Å². The number of hydrogen-bond acceptors (Lipinski definition) is 1. The number of rotatable bonds is 4. The van der Waals surface area contributed by atoms with Gasteiger partial charge in [0.25, 0.3) is 0 Å². The molecule has 25 heavy (non-hydrogen) atoms. The number of hydrogen-bond donors (Lipinski definition) is 0. The highest BCUT2D eigenvalue weighted by atomic mass is 79.9. The molecule has 1 fully saturated rings. The second kappa shape index (κ2) is 7.61. The molecule has 0 aliphatic heterocycles. The molecule has 2 heteroatoms. The molecule has 0 unspecified atom stereocenters. The van der Waals surface area contributed by atoms with E-state index in [4.69, 9.17) is 4.74 Å². The van der Waals surface area contributed by atoms with Gasteiger partial charge in [-0.2, -0.15) is 0 Å². The SMILES string of the molecule is Brc1c(OCc2ccccc2)ccc2cc(C3CCCCC3)ccc12. The molecule has 1 nitrogen and oxygen atoms in total. The van der Waals surface area contributed by atoms with Crippen LogP contribution in [0, 0.1) is 0 Å². The zero-order chi connectivity index (χ0) is 17.1. The quantitative estimate of drug-likeness (QED) is 0.453. The molecule has 0 amide bonds. The zero-order valence-electron chi connectivity index (χ0n) is 14.4.